The Hall–Kier alpha value is -7.70. The minimum Gasteiger partial charge on any atom is -0.309 e. The maximum absolute atomic E-state index is 9.70. The van der Waals surface area contributed by atoms with Crippen LogP contribution in [0, 0.1) is 35.8 Å². The molecule has 0 aliphatic carbocycles. The zero-order chi connectivity index (χ0) is 34.9. The van der Waals surface area contributed by atoms with Crippen molar-refractivity contribution in [2.75, 3.05) is 0 Å². The van der Waals surface area contributed by atoms with Crippen LogP contribution in [0.2, 0.25) is 0 Å². The van der Waals surface area contributed by atoms with Crippen molar-refractivity contribution in [3.05, 3.63) is 186 Å². The number of para-hydroxylation sites is 1. The van der Waals surface area contributed by atoms with Gasteiger partial charge in [0.2, 0.25) is 0 Å². The number of nitriles is 2. The van der Waals surface area contributed by atoms with Crippen molar-refractivity contribution in [2.45, 2.75) is 0 Å². The summed E-state index contributed by atoms with van der Waals surface area (Å²) < 4.78 is 2.29. The van der Waals surface area contributed by atoms with Gasteiger partial charge in [-0.05, 0) is 106 Å². The first-order chi connectivity index (χ1) is 25.1. The van der Waals surface area contributed by atoms with E-state index in [1.54, 1.807) is 12.1 Å². The number of rotatable bonds is 5. The minimum atomic E-state index is 0.410. The Balaban J connectivity index is 1.42. The van der Waals surface area contributed by atoms with E-state index in [-0.39, 0.29) is 0 Å². The van der Waals surface area contributed by atoms with Crippen molar-refractivity contribution in [1.82, 2.24) is 4.57 Å². The molecule has 0 radical (unpaired) electrons. The lowest BCUT2D eigenvalue weighted by molar-refractivity contribution is 1.18. The normalized spacial score (nSPS) is 10.7. The van der Waals surface area contributed by atoms with Gasteiger partial charge in [-0.1, -0.05) is 84.9 Å². The van der Waals surface area contributed by atoms with Crippen LogP contribution in [0.15, 0.2) is 152 Å². The minimum absolute atomic E-state index is 0.410. The van der Waals surface area contributed by atoms with Crippen LogP contribution in [0.25, 0.3) is 81.7 Å². The third kappa shape index (κ3) is 5.45. The monoisotopic (exact) mass is 647 g/mol. The fraction of sp³-hybridized carbons (Fsp3) is 0. The Morgan fingerprint density at radius 2 is 0.922 bits per heavy atom. The van der Waals surface area contributed by atoms with Crippen molar-refractivity contribution >= 4 is 33.2 Å². The molecule has 5 nitrogen and oxygen atoms in total. The van der Waals surface area contributed by atoms with Gasteiger partial charge >= 0.3 is 0 Å². The van der Waals surface area contributed by atoms with Gasteiger partial charge in [-0.25, -0.2) is 9.69 Å². The molecule has 0 saturated heterocycles. The first kappa shape index (κ1) is 30.6. The zero-order valence-electron chi connectivity index (χ0n) is 27.2. The van der Waals surface area contributed by atoms with Crippen LogP contribution >= 0.6 is 0 Å². The molecule has 0 fully saturated rings. The molecule has 0 aliphatic rings. The Kier molecular flexibility index (Phi) is 7.64. The van der Waals surface area contributed by atoms with Crippen molar-refractivity contribution in [2.24, 2.45) is 0 Å². The van der Waals surface area contributed by atoms with Gasteiger partial charge in [0.25, 0.3) is 0 Å². The van der Waals surface area contributed by atoms with Crippen LogP contribution < -0.4 is 0 Å². The second-order valence-corrected chi connectivity index (χ2v) is 12.2. The summed E-state index contributed by atoms with van der Waals surface area (Å²) in [7, 11) is 0. The fourth-order valence-corrected chi connectivity index (χ4v) is 6.94. The molecule has 0 spiro atoms. The van der Waals surface area contributed by atoms with Crippen molar-refractivity contribution in [3.8, 4) is 62.3 Å². The molecule has 0 saturated carbocycles. The van der Waals surface area contributed by atoms with E-state index in [0.29, 0.717) is 22.5 Å². The summed E-state index contributed by atoms with van der Waals surface area (Å²) in [6, 6.07) is 54.7. The SMILES string of the molecule is [C-]#[N+]c1cc(C#N)cc(-c2ccc3c(c2)c2cc(-c4cc(C#N)cc([N+]#[C-])c4)ccc2n3-c2ccccc2-c2ccccc2-c2ccccc2)c1. The van der Waals surface area contributed by atoms with Gasteiger partial charge in [0.05, 0.1) is 42.0 Å². The number of aromatic nitrogens is 1. The molecule has 0 aliphatic heterocycles. The lowest BCUT2D eigenvalue weighted by atomic mass is 9.93. The van der Waals surface area contributed by atoms with Gasteiger partial charge in [0.15, 0.2) is 11.4 Å². The van der Waals surface area contributed by atoms with Gasteiger partial charge in [-0.2, -0.15) is 10.5 Å². The van der Waals surface area contributed by atoms with Crippen LogP contribution in [-0.2, 0) is 0 Å². The molecule has 1 heterocycles. The average Bonchev–Trinajstić information content (AvgIpc) is 3.53. The molecule has 5 heteroatoms. The highest BCUT2D eigenvalue weighted by Crippen LogP contribution is 2.42. The van der Waals surface area contributed by atoms with Crippen molar-refractivity contribution < 1.29 is 0 Å². The van der Waals surface area contributed by atoms with Gasteiger partial charge < -0.3 is 4.57 Å². The van der Waals surface area contributed by atoms with E-state index in [1.165, 1.54) is 0 Å². The van der Waals surface area contributed by atoms with Gasteiger partial charge in [0, 0.05) is 27.5 Å². The summed E-state index contributed by atoms with van der Waals surface area (Å²) in [6.45, 7) is 15.2. The Morgan fingerprint density at radius 3 is 1.45 bits per heavy atom. The summed E-state index contributed by atoms with van der Waals surface area (Å²) >= 11 is 0. The van der Waals surface area contributed by atoms with E-state index in [1.807, 2.05) is 42.5 Å². The highest BCUT2D eigenvalue weighted by atomic mass is 15.0. The summed E-state index contributed by atoms with van der Waals surface area (Å²) in [4.78, 5) is 7.23. The van der Waals surface area contributed by atoms with E-state index in [0.717, 1.165) is 72.0 Å². The summed E-state index contributed by atoms with van der Waals surface area (Å²) in [6.07, 6.45) is 0. The molecule has 8 rings (SSSR count). The van der Waals surface area contributed by atoms with Crippen LogP contribution in [0.1, 0.15) is 11.1 Å². The second kappa shape index (κ2) is 12.7. The standard InChI is InChI=1S/C46H25N5/c1-49-37-22-30(28-47)20-35(24-37)33-16-18-45-42(26-33)43-27-34(36-21-31(29-48)23-38(25-36)50-2)17-19-46(43)51(45)44-15-9-8-14-41(44)40-13-7-6-12-39(40)32-10-4-3-5-11-32/h3-27H. The smallest absolute Gasteiger partial charge is 0.189 e. The number of benzene rings is 7. The van der Waals surface area contributed by atoms with E-state index >= 15 is 0 Å². The third-order valence-corrected chi connectivity index (χ3v) is 9.23. The fourth-order valence-electron chi connectivity index (χ4n) is 6.94. The van der Waals surface area contributed by atoms with E-state index < -0.39 is 0 Å². The van der Waals surface area contributed by atoms with Crippen LogP contribution in [0.3, 0.4) is 0 Å². The molecule has 0 atom stereocenters. The maximum Gasteiger partial charge on any atom is 0.189 e. The first-order valence-electron chi connectivity index (χ1n) is 16.3. The molecule has 0 N–H and O–H groups in total. The Morgan fingerprint density at radius 1 is 0.431 bits per heavy atom. The lowest BCUT2D eigenvalue weighted by Crippen LogP contribution is -1.98. The largest absolute Gasteiger partial charge is 0.309 e. The number of hydrogen-bond donors (Lipinski definition) is 0. The highest BCUT2D eigenvalue weighted by molar-refractivity contribution is 6.12. The van der Waals surface area contributed by atoms with Gasteiger partial charge in [-0.3, -0.25) is 0 Å². The lowest BCUT2D eigenvalue weighted by Gasteiger charge is -2.17. The molecular weight excluding hydrogens is 623 g/mol. The molecule has 234 valence electrons. The second-order valence-electron chi connectivity index (χ2n) is 12.2. The predicted molar refractivity (Wildman–Crippen MR) is 204 cm³/mol. The maximum atomic E-state index is 9.70. The molecule has 0 bridgehead atoms. The third-order valence-electron chi connectivity index (χ3n) is 9.23. The predicted octanol–water partition coefficient (Wildman–Crippen LogP) is 12.3. The quantitative estimate of drug-likeness (QED) is 0.175. The van der Waals surface area contributed by atoms with E-state index in [4.69, 9.17) is 13.1 Å². The Labute approximate surface area is 295 Å². The molecule has 7 aromatic carbocycles. The van der Waals surface area contributed by atoms with Crippen molar-refractivity contribution in [1.29, 1.82) is 10.5 Å². The summed E-state index contributed by atoms with van der Waals surface area (Å²) in [5.74, 6) is 0. The van der Waals surface area contributed by atoms with E-state index in [2.05, 4.69) is 123 Å². The molecule has 0 amide bonds. The molecule has 1 aromatic heterocycles. The van der Waals surface area contributed by atoms with Gasteiger partial charge in [-0.15, -0.1) is 0 Å². The number of nitrogens with zero attached hydrogens (tertiary/aromatic N) is 5. The Bertz CT molecular complexity index is 2650. The molecule has 0 unspecified atom stereocenters. The molecule has 8 aromatic rings. The summed E-state index contributed by atoms with van der Waals surface area (Å²) in [5, 5.41) is 21.4. The van der Waals surface area contributed by atoms with E-state index in [9.17, 15) is 10.5 Å². The zero-order valence-corrected chi connectivity index (χ0v) is 27.2. The molecular formula is C46H25N5. The van der Waals surface area contributed by atoms with Crippen LogP contribution in [0.5, 0.6) is 0 Å². The highest BCUT2D eigenvalue weighted by Gasteiger charge is 2.19. The number of hydrogen-bond acceptors (Lipinski definition) is 2. The topological polar surface area (TPSA) is 61.2 Å². The average molecular weight is 648 g/mol. The first-order valence-corrected chi connectivity index (χ1v) is 16.3. The van der Waals surface area contributed by atoms with Crippen molar-refractivity contribution in [3.63, 3.8) is 0 Å². The number of fused-ring (bicyclic) bond motifs is 3. The van der Waals surface area contributed by atoms with Crippen LogP contribution in [-0.4, -0.2) is 4.57 Å². The van der Waals surface area contributed by atoms with Gasteiger partial charge in [0.1, 0.15) is 0 Å². The van der Waals surface area contributed by atoms with Crippen LogP contribution in [0.4, 0.5) is 11.4 Å². The summed E-state index contributed by atoms with van der Waals surface area (Å²) in [5.41, 5.74) is 12.5. The molecule has 51 heavy (non-hydrogen) atoms.